The van der Waals surface area contributed by atoms with Crippen LogP contribution in [0.15, 0.2) is 43.0 Å². The first kappa shape index (κ1) is 39.0. The van der Waals surface area contributed by atoms with Crippen LogP contribution in [0.4, 0.5) is 0 Å². The molecule has 3 nitrogen and oxygen atoms in total. The van der Waals surface area contributed by atoms with E-state index < -0.39 is 0 Å². The molecule has 256 valence electrons. The highest BCUT2D eigenvalue weighted by Crippen LogP contribution is 2.66. The smallest absolute Gasteiger partial charge is 0.198 e. The quantitative estimate of drug-likeness (QED) is 0.128. The average molecular weight is 622 g/mol. The molecule has 1 aromatic heterocycles. The zero-order valence-corrected chi connectivity index (χ0v) is 31.2. The molecule has 2 rings (SSSR count). The van der Waals surface area contributed by atoms with E-state index in [0.29, 0.717) is 12.5 Å². The molecule has 0 spiro atoms. The van der Waals surface area contributed by atoms with Crippen LogP contribution in [0.1, 0.15) is 182 Å². The van der Waals surface area contributed by atoms with Crippen molar-refractivity contribution in [1.29, 1.82) is 0 Å². The minimum Gasteiger partial charge on any atom is -0.494 e. The van der Waals surface area contributed by atoms with E-state index in [9.17, 15) is 10.2 Å². The highest BCUT2D eigenvalue weighted by molar-refractivity contribution is 5.55. The van der Waals surface area contributed by atoms with Crippen molar-refractivity contribution in [3.63, 3.8) is 0 Å². The molecule has 45 heavy (non-hydrogen) atoms. The number of hydrogen-bond donors (Lipinski definition) is 2. The van der Waals surface area contributed by atoms with Crippen LogP contribution in [0, 0.1) is 10.8 Å². The van der Waals surface area contributed by atoms with E-state index in [-0.39, 0.29) is 33.4 Å². The summed E-state index contributed by atoms with van der Waals surface area (Å²) in [6.45, 7) is 27.9. The Labute approximate surface area is 278 Å². The van der Waals surface area contributed by atoms with Crippen LogP contribution in [-0.4, -0.2) is 14.8 Å². The van der Waals surface area contributed by atoms with E-state index in [0.717, 1.165) is 88.2 Å². The van der Waals surface area contributed by atoms with Gasteiger partial charge in [0.2, 0.25) is 0 Å². The van der Waals surface area contributed by atoms with E-state index in [1.165, 1.54) is 18.4 Å². The van der Waals surface area contributed by atoms with Crippen LogP contribution < -0.4 is 0 Å². The Morgan fingerprint density at radius 3 is 1.78 bits per heavy atom. The van der Waals surface area contributed by atoms with Gasteiger partial charge in [-0.1, -0.05) is 144 Å². The zero-order chi connectivity index (χ0) is 33.9. The number of nitrogens with zero attached hydrogens (tertiary/aromatic N) is 1. The minimum absolute atomic E-state index is 0.126. The summed E-state index contributed by atoms with van der Waals surface area (Å²) in [4.78, 5) is 0. The molecule has 0 bridgehead atoms. The molecule has 1 aromatic carbocycles. The summed E-state index contributed by atoms with van der Waals surface area (Å²) in [5.74, 6) is 0.825. The maximum atomic E-state index is 12.5. The van der Waals surface area contributed by atoms with Crippen molar-refractivity contribution in [2.24, 2.45) is 10.8 Å². The molecule has 2 aromatic rings. The second-order valence-corrected chi connectivity index (χ2v) is 14.8. The summed E-state index contributed by atoms with van der Waals surface area (Å²) in [5, 5.41) is 24.7. The fourth-order valence-electron chi connectivity index (χ4n) is 9.54. The molecule has 0 saturated carbocycles. The largest absolute Gasteiger partial charge is 0.494 e. The van der Waals surface area contributed by atoms with E-state index in [1.54, 1.807) is 10.6 Å². The van der Waals surface area contributed by atoms with Gasteiger partial charge < -0.3 is 10.2 Å². The maximum Gasteiger partial charge on any atom is 0.198 e. The van der Waals surface area contributed by atoms with E-state index in [1.807, 2.05) is 0 Å². The van der Waals surface area contributed by atoms with Gasteiger partial charge in [0.25, 0.3) is 0 Å². The first-order valence-corrected chi connectivity index (χ1v) is 18.8. The molecule has 1 heterocycles. The lowest BCUT2D eigenvalue weighted by atomic mass is 9.46. The molecule has 0 saturated heterocycles. The summed E-state index contributed by atoms with van der Waals surface area (Å²) in [5.41, 5.74) is 2.97. The third-order valence-electron chi connectivity index (χ3n) is 12.3. The number of benzene rings is 1. The van der Waals surface area contributed by atoms with Crippen molar-refractivity contribution in [2.45, 2.75) is 182 Å². The molecule has 5 atom stereocenters. The van der Waals surface area contributed by atoms with Crippen molar-refractivity contribution in [1.82, 2.24) is 4.57 Å². The Morgan fingerprint density at radius 1 is 0.711 bits per heavy atom. The number of hydrogen-bond acceptors (Lipinski definition) is 2. The molecular weight excluding hydrogens is 550 g/mol. The Hall–Kier alpha value is -2.16. The van der Waals surface area contributed by atoms with Gasteiger partial charge in [-0.25, -0.2) is 0 Å². The Morgan fingerprint density at radius 2 is 1.31 bits per heavy atom. The third kappa shape index (κ3) is 7.54. The Balaban J connectivity index is 3.27. The van der Waals surface area contributed by atoms with Crippen LogP contribution in [-0.2, 0) is 17.4 Å². The lowest BCUT2D eigenvalue weighted by Gasteiger charge is -2.57. The van der Waals surface area contributed by atoms with Gasteiger partial charge in [-0.2, -0.15) is 0 Å². The molecule has 2 N–H and O–H groups in total. The normalized spacial score (nSPS) is 18.0. The number of rotatable bonds is 22. The average Bonchev–Trinajstić information content (AvgIpc) is 3.30. The summed E-state index contributed by atoms with van der Waals surface area (Å²) < 4.78 is 1.76. The molecular formula is C42H71NO2. The monoisotopic (exact) mass is 622 g/mol. The third-order valence-corrected chi connectivity index (χ3v) is 12.3. The molecule has 0 aliphatic rings. The standard InChI is InChI=1S/C42H71NO2/c1-12-21-30-41(19-8,34(33-25-23-22-24-26-33)32-39(10,17-6)27-13-2)42(20-9,29-15-4)36-35(40(11,18-7)28-14-3)37(44)43(31-16-5)38(36)45/h16,22-26,34,44-45H,5,12-15,17-21,27-32H2,1-4,6-11H3. The van der Waals surface area contributed by atoms with Gasteiger partial charge in [-0.3, -0.25) is 4.57 Å². The minimum atomic E-state index is -0.333. The lowest BCUT2D eigenvalue weighted by Crippen LogP contribution is -2.51. The van der Waals surface area contributed by atoms with Crippen molar-refractivity contribution in [2.75, 3.05) is 0 Å². The van der Waals surface area contributed by atoms with E-state index in [2.05, 4.69) is 106 Å². The van der Waals surface area contributed by atoms with Gasteiger partial charge in [0.1, 0.15) is 0 Å². The number of allylic oxidation sites excluding steroid dienone is 1. The molecule has 0 fully saturated rings. The van der Waals surface area contributed by atoms with Gasteiger partial charge in [-0.05, 0) is 79.1 Å². The number of unbranched alkanes of at least 4 members (excludes halogenated alkanes) is 1. The second kappa shape index (κ2) is 17.1. The molecule has 0 aliphatic heterocycles. The SMILES string of the molecule is C=CCn1c(O)c(C(C)(CC)CCC)c(C(CC)(CCC)C(CC)(CCCC)C(CC(C)(CC)CCC)c2ccccc2)c1O. The van der Waals surface area contributed by atoms with Gasteiger partial charge >= 0.3 is 0 Å². The topological polar surface area (TPSA) is 45.4 Å². The van der Waals surface area contributed by atoms with E-state index >= 15 is 0 Å². The summed E-state index contributed by atoms with van der Waals surface area (Å²) in [6.07, 6.45) is 16.7. The fourth-order valence-corrected chi connectivity index (χ4v) is 9.54. The van der Waals surface area contributed by atoms with Crippen LogP contribution >= 0.6 is 0 Å². The van der Waals surface area contributed by atoms with Crippen molar-refractivity contribution in [3.05, 3.63) is 59.7 Å². The molecule has 3 heteroatoms. The first-order valence-electron chi connectivity index (χ1n) is 18.8. The number of aromatic hydroxyl groups is 2. The second-order valence-electron chi connectivity index (χ2n) is 14.8. The predicted molar refractivity (Wildman–Crippen MR) is 197 cm³/mol. The molecule has 5 unspecified atom stereocenters. The first-order chi connectivity index (χ1) is 21.4. The fraction of sp³-hybridized carbons (Fsp3) is 0.714. The lowest BCUT2D eigenvalue weighted by molar-refractivity contribution is 0.0168. The Kier molecular flexibility index (Phi) is 14.8. The number of aromatic nitrogens is 1. The van der Waals surface area contributed by atoms with Crippen molar-refractivity contribution < 1.29 is 10.2 Å². The summed E-state index contributed by atoms with van der Waals surface area (Å²) in [6, 6.07) is 11.4. The van der Waals surface area contributed by atoms with E-state index in [4.69, 9.17) is 0 Å². The van der Waals surface area contributed by atoms with Crippen LogP contribution in [0.25, 0.3) is 0 Å². The molecule has 0 aliphatic carbocycles. The van der Waals surface area contributed by atoms with Gasteiger partial charge in [0.05, 0.1) is 0 Å². The molecule has 0 amide bonds. The van der Waals surface area contributed by atoms with Gasteiger partial charge in [-0.15, -0.1) is 6.58 Å². The maximum absolute atomic E-state index is 12.5. The highest BCUT2D eigenvalue weighted by atomic mass is 16.3. The van der Waals surface area contributed by atoms with Crippen LogP contribution in [0.2, 0.25) is 0 Å². The van der Waals surface area contributed by atoms with Gasteiger partial charge in [0.15, 0.2) is 11.8 Å². The van der Waals surface area contributed by atoms with Crippen molar-refractivity contribution in [3.8, 4) is 11.8 Å². The van der Waals surface area contributed by atoms with Crippen molar-refractivity contribution >= 4 is 0 Å². The molecule has 0 radical (unpaired) electrons. The predicted octanol–water partition coefficient (Wildman–Crippen LogP) is 13.0. The summed E-state index contributed by atoms with van der Waals surface area (Å²) in [7, 11) is 0. The Bertz CT molecular complexity index is 1170. The van der Waals surface area contributed by atoms with Gasteiger partial charge in [0, 0.05) is 23.1 Å². The van der Waals surface area contributed by atoms with Crippen LogP contribution in [0.3, 0.4) is 0 Å². The van der Waals surface area contributed by atoms with Crippen LogP contribution in [0.5, 0.6) is 11.8 Å². The zero-order valence-electron chi connectivity index (χ0n) is 31.2. The highest BCUT2D eigenvalue weighted by Gasteiger charge is 2.58. The summed E-state index contributed by atoms with van der Waals surface area (Å²) >= 11 is 0.